The van der Waals surface area contributed by atoms with E-state index in [9.17, 15) is 4.79 Å². The Kier molecular flexibility index (Phi) is 4.12. The highest BCUT2D eigenvalue weighted by Crippen LogP contribution is 2.02. The maximum absolute atomic E-state index is 11.7. The van der Waals surface area contributed by atoms with Crippen molar-refractivity contribution in [1.29, 1.82) is 0 Å². The molecule has 18 heavy (non-hydrogen) atoms. The first-order valence-electron chi connectivity index (χ1n) is 6.02. The molecular formula is C14H17N3O. The Bertz CT molecular complexity index is 505. The molecule has 1 amide bonds. The van der Waals surface area contributed by atoms with Crippen molar-refractivity contribution in [2.45, 2.75) is 19.4 Å². The minimum Gasteiger partial charge on any atom is -0.349 e. The average Bonchev–Trinajstić information content (AvgIpc) is 2.81. The topological polar surface area (TPSA) is 46.9 Å². The number of nitrogens with zero attached hydrogens (tertiary/aromatic N) is 2. The summed E-state index contributed by atoms with van der Waals surface area (Å²) in [5.41, 5.74) is 1.18. The second-order valence-electron chi connectivity index (χ2n) is 4.22. The first-order valence-corrected chi connectivity index (χ1v) is 6.02. The summed E-state index contributed by atoms with van der Waals surface area (Å²) < 4.78 is 1.90. The Morgan fingerprint density at radius 1 is 1.33 bits per heavy atom. The van der Waals surface area contributed by atoms with Crippen LogP contribution in [0.3, 0.4) is 0 Å². The van der Waals surface area contributed by atoms with Crippen molar-refractivity contribution in [1.82, 2.24) is 14.9 Å². The van der Waals surface area contributed by atoms with Crippen molar-refractivity contribution in [2.24, 2.45) is 7.05 Å². The third-order valence-corrected chi connectivity index (χ3v) is 2.85. The zero-order valence-electron chi connectivity index (χ0n) is 10.5. The van der Waals surface area contributed by atoms with Crippen LogP contribution in [0.1, 0.15) is 17.8 Å². The van der Waals surface area contributed by atoms with Gasteiger partial charge in [-0.05, 0) is 12.0 Å². The molecule has 0 aliphatic rings. The molecule has 1 heterocycles. The van der Waals surface area contributed by atoms with Gasteiger partial charge in [0.2, 0.25) is 5.91 Å². The van der Waals surface area contributed by atoms with E-state index in [1.54, 1.807) is 6.20 Å². The van der Waals surface area contributed by atoms with Crippen molar-refractivity contribution in [3.05, 3.63) is 54.1 Å². The molecule has 0 aliphatic heterocycles. The summed E-state index contributed by atoms with van der Waals surface area (Å²) in [6.07, 6.45) is 4.87. The van der Waals surface area contributed by atoms with E-state index in [4.69, 9.17) is 0 Å². The summed E-state index contributed by atoms with van der Waals surface area (Å²) in [5, 5.41) is 2.87. The van der Waals surface area contributed by atoms with Crippen LogP contribution in [-0.4, -0.2) is 15.5 Å². The van der Waals surface area contributed by atoms with Crippen LogP contribution in [0.4, 0.5) is 0 Å². The molecule has 0 aliphatic carbocycles. The molecule has 94 valence electrons. The van der Waals surface area contributed by atoms with Gasteiger partial charge in [-0.2, -0.15) is 0 Å². The van der Waals surface area contributed by atoms with Crippen molar-refractivity contribution in [2.75, 3.05) is 0 Å². The molecule has 4 heteroatoms. The number of hydrogen-bond acceptors (Lipinski definition) is 2. The molecule has 1 N–H and O–H groups in total. The first-order chi connectivity index (χ1) is 8.75. The molecule has 1 aromatic carbocycles. The van der Waals surface area contributed by atoms with Crippen LogP contribution in [0.2, 0.25) is 0 Å². The number of nitrogens with one attached hydrogen (secondary N) is 1. The van der Waals surface area contributed by atoms with Gasteiger partial charge in [0, 0.05) is 25.9 Å². The SMILES string of the molecule is Cn1ccnc1CNC(=O)CCc1ccccc1. The van der Waals surface area contributed by atoms with Crippen LogP contribution in [0.5, 0.6) is 0 Å². The van der Waals surface area contributed by atoms with Gasteiger partial charge >= 0.3 is 0 Å². The molecule has 4 nitrogen and oxygen atoms in total. The second kappa shape index (κ2) is 6.00. The third-order valence-electron chi connectivity index (χ3n) is 2.85. The van der Waals surface area contributed by atoms with Crippen molar-refractivity contribution in [3.8, 4) is 0 Å². The van der Waals surface area contributed by atoms with E-state index >= 15 is 0 Å². The number of aryl methyl sites for hydroxylation is 2. The van der Waals surface area contributed by atoms with Crippen LogP contribution in [-0.2, 0) is 24.8 Å². The number of rotatable bonds is 5. The average molecular weight is 243 g/mol. The maximum atomic E-state index is 11.7. The fourth-order valence-corrected chi connectivity index (χ4v) is 1.74. The van der Waals surface area contributed by atoms with Crippen molar-refractivity contribution in [3.63, 3.8) is 0 Å². The molecule has 0 saturated heterocycles. The predicted molar refractivity (Wildman–Crippen MR) is 69.8 cm³/mol. The van der Waals surface area contributed by atoms with Crippen molar-refractivity contribution >= 4 is 5.91 Å². The quantitative estimate of drug-likeness (QED) is 0.868. The summed E-state index contributed by atoms with van der Waals surface area (Å²) in [6.45, 7) is 0.483. The molecular weight excluding hydrogens is 226 g/mol. The smallest absolute Gasteiger partial charge is 0.220 e. The fourth-order valence-electron chi connectivity index (χ4n) is 1.74. The third kappa shape index (κ3) is 3.45. The van der Waals surface area contributed by atoms with E-state index < -0.39 is 0 Å². The lowest BCUT2D eigenvalue weighted by molar-refractivity contribution is -0.121. The first kappa shape index (κ1) is 12.4. The molecule has 0 saturated carbocycles. The van der Waals surface area contributed by atoms with Gasteiger partial charge in [-0.1, -0.05) is 30.3 Å². The summed E-state index contributed by atoms with van der Waals surface area (Å²) >= 11 is 0. The van der Waals surface area contributed by atoms with Gasteiger partial charge in [0.15, 0.2) is 0 Å². The van der Waals surface area contributed by atoms with E-state index in [2.05, 4.69) is 10.3 Å². The van der Waals surface area contributed by atoms with Crippen LogP contribution < -0.4 is 5.32 Å². The summed E-state index contributed by atoms with van der Waals surface area (Å²) in [6, 6.07) is 10.0. The van der Waals surface area contributed by atoms with E-state index in [1.807, 2.05) is 48.1 Å². The highest BCUT2D eigenvalue weighted by Gasteiger charge is 2.04. The minimum atomic E-state index is 0.0573. The lowest BCUT2D eigenvalue weighted by Crippen LogP contribution is -2.24. The second-order valence-corrected chi connectivity index (χ2v) is 4.22. The molecule has 2 aromatic rings. The number of aromatic nitrogens is 2. The molecule has 0 unspecified atom stereocenters. The number of amides is 1. The molecule has 0 atom stereocenters. The molecule has 0 radical (unpaired) electrons. The lowest BCUT2D eigenvalue weighted by atomic mass is 10.1. The van der Waals surface area contributed by atoms with E-state index in [1.165, 1.54) is 5.56 Å². The van der Waals surface area contributed by atoms with Gasteiger partial charge in [0.25, 0.3) is 0 Å². The summed E-state index contributed by atoms with van der Waals surface area (Å²) in [4.78, 5) is 15.8. The zero-order valence-corrected chi connectivity index (χ0v) is 10.5. The minimum absolute atomic E-state index is 0.0573. The van der Waals surface area contributed by atoms with E-state index in [-0.39, 0.29) is 5.91 Å². The van der Waals surface area contributed by atoms with Gasteiger partial charge in [0.1, 0.15) is 5.82 Å². The van der Waals surface area contributed by atoms with Crippen LogP contribution >= 0.6 is 0 Å². The number of imidazole rings is 1. The monoisotopic (exact) mass is 243 g/mol. The Morgan fingerprint density at radius 2 is 2.11 bits per heavy atom. The van der Waals surface area contributed by atoms with Crippen LogP contribution in [0, 0.1) is 0 Å². The molecule has 1 aromatic heterocycles. The Balaban J connectivity index is 1.75. The zero-order chi connectivity index (χ0) is 12.8. The molecule has 0 fully saturated rings. The Labute approximate surface area is 107 Å². The van der Waals surface area contributed by atoms with Gasteiger partial charge in [-0.3, -0.25) is 4.79 Å². The summed E-state index contributed by atoms with van der Waals surface area (Å²) in [5.74, 6) is 0.921. The van der Waals surface area contributed by atoms with Gasteiger partial charge in [-0.25, -0.2) is 4.98 Å². The van der Waals surface area contributed by atoms with Gasteiger partial charge < -0.3 is 9.88 Å². The van der Waals surface area contributed by atoms with Crippen LogP contribution in [0.25, 0.3) is 0 Å². The molecule has 0 bridgehead atoms. The standard InChI is InChI=1S/C14H17N3O/c1-17-10-9-15-13(17)11-16-14(18)8-7-12-5-3-2-4-6-12/h2-6,9-10H,7-8,11H2,1H3,(H,16,18). The predicted octanol–water partition coefficient (Wildman–Crippen LogP) is 1.67. The molecule has 2 rings (SSSR count). The highest BCUT2D eigenvalue weighted by atomic mass is 16.1. The normalized spacial score (nSPS) is 10.3. The van der Waals surface area contributed by atoms with Crippen molar-refractivity contribution < 1.29 is 4.79 Å². The fraction of sp³-hybridized carbons (Fsp3) is 0.286. The van der Waals surface area contributed by atoms with E-state index in [0.717, 1.165) is 12.2 Å². The summed E-state index contributed by atoms with van der Waals surface area (Å²) in [7, 11) is 1.92. The van der Waals surface area contributed by atoms with Crippen LogP contribution in [0.15, 0.2) is 42.7 Å². The van der Waals surface area contributed by atoms with Gasteiger partial charge in [-0.15, -0.1) is 0 Å². The highest BCUT2D eigenvalue weighted by molar-refractivity contribution is 5.76. The van der Waals surface area contributed by atoms with Gasteiger partial charge in [0.05, 0.1) is 6.54 Å². The Morgan fingerprint density at radius 3 is 2.78 bits per heavy atom. The lowest BCUT2D eigenvalue weighted by Gasteiger charge is -2.05. The Hall–Kier alpha value is -2.10. The van der Waals surface area contributed by atoms with E-state index in [0.29, 0.717) is 13.0 Å². The molecule has 0 spiro atoms. The largest absolute Gasteiger partial charge is 0.349 e. The number of benzene rings is 1. The number of hydrogen-bond donors (Lipinski definition) is 1. The number of carbonyl (C=O) groups is 1. The maximum Gasteiger partial charge on any atom is 0.220 e. The number of carbonyl (C=O) groups excluding carboxylic acids is 1.